The Kier molecular flexibility index (Phi) is 6.02. The number of benzene rings is 1. The van der Waals surface area contributed by atoms with Gasteiger partial charge in [0.25, 0.3) is 10.2 Å². The molecule has 0 bridgehead atoms. The van der Waals surface area contributed by atoms with Gasteiger partial charge in [0.2, 0.25) is 0 Å². The smallest absolute Gasteiger partial charge is 0.279 e. The van der Waals surface area contributed by atoms with E-state index in [-0.39, 0.29) is 6.54 Å². The Balaban J connectivity index is 1.71. The predicted molar refractivity (Wildman–Crippen MR) is 83.7 cm³/mol. The number of rotatable bonds is 8. The summed E-state index contributed by atoms with van der Waals surface area (Å²) in [5.41, 5.74) is 1.29. The van der Waals surface area contributed by atoms with Gasteiger partial charge in [-0.15, -0.1) is 0 Å². The van der Waals surface area contributed by atoms with E-state index in [1.54, 1.807) is 0 Å². The summed E-state index contributed by atoms with van der Waals surface area (Å²) in [6.07, 6.45) is 4.08. The third-order valence-corrected chi connectivity index (χ3v) is 5.14. The fraction of sp³-hybridized carbons (Fsp3) is 0.600. The van der Waals surface area contributed by atoms with E-state index in [0.717, 1.165) is 31.4 Å². The van der Waals surface area contributed by atoms with Gasteiger partial charge < -0.3 is 4.74 Å². The quantitative estimate of drug-likeness (QED) is 0.746. The van der Waals surface area contributed by atoms with E-state index >= 15 is 0 Å². The van der Waals surface area contributed by atoms with Crippen LogP contribution in [0.3, 0.4) is 0 Å². The highest BCUT2D eigenvalue weighted by molar-refractivity contribution is 7.87. The topological polar surface area (TPSA) is 58.6 Å². The van der Waals surface area contributed by atoms with Crippen LogP contribution in [-0.4, -0.2) is 39.0 Å². The van der Waals surface area contributed by atoms with E-state index < -0.39 is 10.2 Å². The van der Waals surface area contributed by atoms with Gasteiger partial charge in [-0.1, -0.05) is 25.5 Å². The maximum atomic E-state index is 11.9. The summed E-state index contributed by atoms with van der Waals surface area (Å²) in [5.74, 6) is 0.773. The maximum Gasteiger partial charge on any atom is 0.279 e. The van der Waals surface area contributed by atoms with Crippen LogP contribution in [0.4, 0.5) is 0 Å². The molecule has 1 aliphatic rings. The Morgan fingerprint density at radius 3 is 2.48 bits per heavy atom. The number of hydrogen-bond donors (Lipinski definition) is 1. The fourth-order valence-corrected chi connectivity index (χ4v) is 3.66. The number of nitrogens with one attached hydrogen (secondary N) is 1. The molecule has 0 aromatic heterocycles. The molecule has 0 radical (unpaired) electrons. The normalized spacial score (nSPS) is 16.2. The molecule has 1 N–H and O–H groups in total. The van der Waals surface area contributed by atoms with Crippen LogP contribution in [0.5, 0.6) is 5.75 Å². The molecule has 1 saturated heterocycles. The summed E-state index contributed by atoms with van der Waals surface area (Å²) in [7, 11) is -3.33. The third-order valence-electron chi connectivity index (χ3n) is 3.52. The van der Waals surface area contributed by atoms with Crippen molar-refractivity contribution in [3.63, 3.8) is 0 Å². The molecule has 1 aliphatic heterocycles. The van der Waals surface area contributed by atoms with E-state index in [9.17, 15) is 8.42 Å². The van der Waals surface area contributed by atoms with E-state index in [0.29, 0.717) is 19.7 Å². The first-order valence-corrected chi connectivity index (χ1v) is 9.02. The van der Waals surface area contributed by atoms with E-state index in [4.69, 9.17) is 4.74 Å². The zero-order valence-corrected chi connectivity index (χ0v) is 13.4. The average molecular weight is 312 g/mol. The molecule has 5 nitrogen and oxygen atoms in total. The summed E-state index contributed by atoms with van der Waals surface area (Å²) in [5, 5.41) is 0. The standard InChI is InChI=1S/C15H24N2O3S/c1-2-5-14-6-8-15(9-7-14)20-13-10-16-21(18,19)17-11-3-4-12-17/h6-9,16H,2-5,10-13H2,1H3. The minimum absolute atomic E-state index is 0.287. The van der Waals surface area contributed by atoms with Crippen LogP contribution in [0.25, 0.3) is 0 Å². The van der Waals surface area contributed by atoms with Crippen molar-refractivity contribution in [2.75, 3.05) is 26.2 Å². The molecule has 1 fully saturated rings. The Morgan fingerprint density at radius 2 is 1.86 bits per heavy atom. The van der Waals surface area contributed by atoms with Crippen LogP contribution in [-0.2, 0) is 16.6 Å². The lowest BCUT2D eigenvalue weighted by atomic mass is 10.1. The Labute approximate surface area is 127 Å². The number of ether oxygens (including phenoxy) is 1. The van der Waals surface area contributed by atoms with E-state index in [2.05, 4.69) is 11.6 Å². The third kappa shape index (κ3) is 4.98. The summed E-state index contributed by atoms with van der Waals surface area (Å²) in [6, 6.07) is 7.96. The fourth-order valence-electron chi connectivity index (χ4n) is 2.40. The number of nitrogens with zero attached hydrogens (tertiary/aromatic N) is 1. The molecule has 0 aliphatic carbocycles. The first kappa shape index (κ1) is 16.3. The zero-order valence-electron chi connectivity index (χ0n) is 12.5. The monoisotopic (exact) mass is 312 g/mol. The van der Waals surface area contributed by atoms with Crippen LogP contribution in [0, 0.1) is 0 Å². The largest absolute Gasteiger partial charge is 0.492 e. The van der Waals surface area contributed by atoms with Crippen molar-refractivity contribution < 1.29 is 13.2 Å². The predicted octanol–water partition coefficient (Wildman–Crippen LogP) is 1.95. The average Bonchev–Trinajstić information content (AvgIpc) is 3.01. The molecule has 0 atom stereocenters. The van der Waals surface area contributed by atoms with Gasteiger partial charge in [-0.2, -0.15) is 17.4 Å². The molecule has 0 unspecified atom stereocenters. The van der Waals surface area contributed by atoms with Crippen LogP contribution in [0.2, 0.25) is 0 Å². The lowest BCUT2D eigenvalue weighted by molar-refractivity contribution is 0.320. The molecule has 21 heavy (non-hydrogen) atoms. The van der Waals surface area contributed by atoms with Crippen molar-refractivity contribution in [2.24, 2.45) is 0 Å². The number of aryl methyl sites for hydroxylation is 1. The van der Waals surface area contributed by atoms with Crippen LogP contribution < -0.4 is 9.46 Å². The summed E-state index contributed by atoms with van der Waals surface area (Å²) < 4.78 is 33.5. The molecule has 0 amide bonds. The van der Waals surface area contributed by atoms with Crippen molar-refractivity contribution in [3.8, 4) is 5.75 Å². The first-order valence-electron chi connectivity index (χ1n) is 7.58. The van der Waals surface area contributed by atoms with Gasteiger partial charge in [0, 0.05) is 19.6 Å². The highest BCUT2D eigenvalue weighted by atomic mass is 32.2. The second-order valence-electron chi connectivity index (χ2n) is 5.25. The molecule has 6 heteroatoms. The van der Waals surface area contributed by atoms with Crippen LogP contribution in [0.1, 0.15) is 31.7 Å². The molecule has 1 aromatic carbocycles. The van der Waals surface area contributed by atoms with Crippen molar-refractivity contribution in [1.82, 2.24) is 9.03 Å². The second kappa shape index (κ2) is 7.77. The van der Waals surface area contributed by atoms with Gasteiger partial charge in [-0.05, 0) is 37.0 Å². The highest BCUT2D eigenvalue weighted by Crippen LogP contribution is 2.13. The van der Waals surface area contributed by atoms with E-state index in [1.807, 2.05) is 24.3 Å². The Bertz CT molecular complexity index is 522. The summed E-state index contributed by atoms with van der Waals surface area (Å²) in [6.45, 7) is 4.01. The Morgan fingerprint density at radius 1 is 1.19 bits per heavy atom. The van der Waals surface area contributed by atoms with Gasteiger partial charge in [0.15, 0.2) is 0 Å². The van der Waals surface area contributed by atoms with Crippen LogP contribution >= 0.6 is 0 Å². The summed E-state index contributed by atoms with van der Waals surface area (Å²) >= 11 is 0. The molecule has 1 aromatic rings. The van der Waals surface area contributed by atoms with Crippen molar-refractivity contribution in [2.45, 2.75) is 32.6 Å². The van der Waals surface area contributed by atoms with Crippen molar-refractivity contribution >= 4 is 10.2 Å². The van der Waals surface area contributed by atoms with Gasteiger partial charge >= 0.3 is 0 Å². The maximum absolute atomic E-state index is 11.9. The van der Waals surface area contributed by atoms with Gasteiger partial charge in [0.05, 0.1) is 0 Å². The zero-order chi connectivity index (χ0) is 15.1. The van der Waals surface area contributed by atoms with Crippen molar-refractivity contribution in [1.29, 1.82) is 0 Å². The first-order chi connectivity index (χ1) is 10.1. The molecular weight excluding hydrogens is 288 g/mol. The van der Waals surface area contributed by atoms with Gasteiger partial charge in [-0.3, -0.25) is 0 Å². The molecule has 0 spiro atoms. The lowest BCUT2D eigenvalue weighted by Gasteiger charge is -2.16. The summed E-state index contributed by atoms with van der Waals surface area (Å²) in [4.78, 5) is 0. The Hall–Kier alpha value is -1.11. The molecule has 118 valence electrons. The van der Waals surface area contributed by atoms with Gasteiger partial charge in [-0.25, -0.2) is 0 Å². The SMILES string of the molecule is CCCc1ccc(OCCNS(=O)(=O)N2CCCC2)cc1. The van der Waals surface area contributed by atoms with Crippen molar-refractivity contribution in [3.05, 3.63) is 29.8 Å². The molecule has 0 saturated carbocycles. The second-order valence-corrected chi connectivity index (χ2v) is 7.00. The minimum atomic E-state index is -3.33. The van der Waals surface area contributed by atoms with Crippen LogP contribution in [0.15, 0.2) is 24.3 Å². The number of hydrogen-bond acceptors (Lipinski definition) is 3. The van der Waals surface area contributed by atoms with Gasteiger partial charge in [0.1, 0.15) is 12.4 Å². The highest BCUT2D eigenvalue weighted by Gasteiger charge is 2.24. The molecule has 1 heterocycles. The minimum Gasteiger partial charge on any atom is -0.492 e. The van der Waals surface area contributed by atoms with E-state index in [1.165, 1.54) is 9.87 Å². The molecule has 2 rings (SSSR count). The lowest BCUT2D eigenvalue weighted by Crippen LogP contribution is -2.40. The molecular formula is C15H24N2O3S.